The van der Waals surface area contributed by atoms with E-state index in [0.29, 0.717) is 6.42 Å². The van der Waals surface area contributed by atoms with Gasteiger partial charge in [-0.25, -0.2) is 0 Å². The Hall–Kier alpha value is -1.87. The molecule has 146 valence electrons. The normalized spacial score (nSPS) is 18.9. The van der Waals surface area contributed by atoms with Crippen molar-refractivity contribution in [3.8, 4) is 0 Å². The molecule has 27 heavy (non-hydrogen) atoms. The molecule has 3 heteroatoms. The van der Waals surface area contributed by atoms with E-state index in [1.807, 2.05) is 20.8 Å². The first-order valence-corrected chi connectivity index (χ1v) is 10.2. The summed E-state index contributed by atoms with van der Waals surface area (Å²) in [4.78, 5) is 14.6. The zero-order chi connectivity index (χ0) is 19.3. The van der Waals surface area contributed by atoms with Crippen molar-refractivity contribution in [3.63, 3.8) is 0 Å². The lowest BCUT2D eigenvalue weighted by Crippen LogP contribution is -2.35. The largest absolute Gasteiger partial charge is 0.460 e. The summed E-state index contributed by atoms with van der Waals surface area (Å²) >= 11 is 0. The van der Waals surface area contributed by atoms with Crippen LogP contribution in [0.3, 0.4) is 0 Å². The number of piperidine rings is 1. The van der Waals surface area contributed by atoms with Crippen molar-refractivity contribution in [1.82, 2.24) is 4.90 Å². The molecule has 1 fully saturated rings. The van der Waals surface area contributed by atoms with Crippen LogP contribution in [-0.2, 0) is 16.0 Å². The summed E-state index contributed by atoms with van der Waals surface area (Å²) in [6.07, 6.45) is 9.41. The first-order chi connectivity index (χ1) is 12.9. The minimum absolute atomic E-state index is 0.120. The molecule has 0 amide bonds. The molecule has 0 aromatic heterocycles. The van der Waals surface area contributed by atoms with Crippen LogP contribution < -0.4 is 0 Å². The molecule has 0 spiro atoms. The summed E-state index contributed by atoms with van der Waals surface area (Å²) < 4.78 is 5.43. The first-order valence-electron chi connectivity index (χ1n) is 10.2. The molecule has 1 aromatic carbocycles. The predicted molar refractivity (Wildman–Crippen MR) is 111 cm³/mol. The van der Waals surface area contributed by atoms with Gasteiger partial charge in [-0.3, -0.25) is 9.69 Å². The highest BCUT2D eigenvalue weighted by Gasteiger charge is 2.22. The summed E-state index contributed by atoms with van der Waals surface area (Å²) in [5.74, 6) is 0.687. The fourth-order valence-corrected chi connectivity index (χ4v) is 4.02. The maximum Gasteiger partial charge on any atom is 0.310 e. The van der Waals surface area contributed by atoms with Crippen molar-refractivity contribution in [2.45, 2.75) is 58.5 Å². The third kappa shape index (κ3) is 6.66. The van der Waals surface area contributed by atoms with Gasteiger partial charge in [-0.2, -0.15) is 0 Å². The maximum absolute atomic E-state index is 12.0. The molecule has 1 saturated heterocycles. The van der Waals surface area contributed by atoms with Crippen LogP contribution in [0.5, 0.6) is 0 Å². The summed E-state index contributed by atoms with van der Waals surface area (Å²) in [7, 11) is 0. The van der Waals surface area contributed by atoms with Crippen LogP contribution in [-0.4, -0.2) is 36.1 Å². The van der Waals surface area contributed by atoms with Crippen LogP contribution in [0, 0.1) is 5.92 Å². The molecule has 1 heterocycles. The summed E-state index contributed by atoms with van der Waals surface area (Å²) in [5.41, 5.74) is 3.66. The predicted octanol–water partition coefficient (Wildman–Crippen LogP) is 4.93. The minimum Gasteiger partial charge on any atom is -0.460 e. The molecule has 2 aliphatic rings. The van der Waals surface area contributed by atoms with E-state index >= 15 is 0 Å². The number of benzene rings is 1. The van der Waals surface area contributed by atoms with Gasteiger partial charge in [0.25, 0.3) is 0 Å². The number of carbonyl (C=O) groups is 1. The Bertz CT molecular complexity index is 689. The molecular weight excluding hydrogens is 334 g/mol. The first kappa shape index (κ1) is 19.9. The number of allylic oxidation sites excluding steroid dienone is 2. The second-order valence-corrected chi connectivity index (χ2v) is 9.00. The zero-order valence-corrected chi connectivity index (χ0v) is 17.0. The van der Waals surface area contributed by atoms with Gasteiger partial charge in [0.15, 0.2) is 0 Å². The lowest BCUT2D eigenvalue weighted by molar-refractivity contribution is -0.153. The van der Waals surface area contributed by atoms with E-state index in [9.17, 15) is 4.79 Å². The van der Waals surface area contributed by atoms with Crippen molar-refractivity contribution >= 4 is 5.97 Å². The number of rotatable bonds is 6. The fraction of sp³-hybridized carbons (Fsp3) is 0.542. The number of likely N-dealkylation sites (tertiary alicyclic amines) is 1. The molecule has 1 aliphatic carbocycles. The van der Waals surface area contributed by atoms with Gasteiger partial charge in [-0.15, -0.1) is 0 Å². The van der Waals surface area contributed by atoms with Crippen molar-refractivity contribution in [2.24, 2.45) is 5.92 Å². The SMILES string of the molecule is CC(C)(C)OC(=O)CC1=CC=C(CN2CCC(Cc3ccccc3)CC2)C1. The Morgan fingerprint density at radius 2 is 1.74 bits per heavy atom. The van der Waals surface area contributed by atoms with E-state index in [1.165, 1.54) is 49.1 Å². The topological polar surface area (TPSA) is 29.5 Å². The maximum atomic E-state index is 12.0. The van der Waals surface area contributed by atoms with Crippen molar-refractivity contribution in [2.75, 3.05) is 19.6 Å². The van der Waals surface area contributed by atoms with Gasteiger partial charge in [-0.1, -0.05) is 53.6 Å². The Morgan fingerprint density at radius 3 is 2.41 bits per heavy atom. The van der Waals surface area contributed by atoms with Gasteiger partial charge in [0.2, 0.25) is 0 Å². The molecule has 0 unspecified atom stereocenters. The number of hydrogen-bond donors (Lipinski definition) is 0. The number of carbonyl (C=O) groups excluding carboxylic acids is 1. The third-order valence-corrected chi connectivity index (χ3v) is 5.30. The molecule has 0 N–H and O–H groups in total. The average molecular weight is 368 g/mol. The second-order valence-electron chi connectivity index (χ2n) is 9.00. The number of esters is 1. The monoisotopic (exact) mass is 367 g/mol. The van der Waals surface area contributed by atoms with E-state index < -0.39 is 5.60 Å². The van der Waals surface area contributed by atoms with Crippen LogP contribution in [0.1, 0.15) is 52.0 Å². The molecule has 1 aliphatic heterocycles. The summed E-state index contributed by atoms with van der Waals surface area (Å²) in [5, 5.41) is 0. The smallest absolute Gasteiger partial charge is 0.310 e. The van der Waals surface area contributed by atoms with Gasteiger partial charge in [0.1, 0.15) is 5.60 Å². The van der Waals surface area contributed by atoms with Gasteiger partial charge < -0.3 is 4.74 Å². The second kappa shape index (κ2) is 8.88. The van der Waals surface area contributed by atoms with E-state index in [4.69, 9.17) is 4.74 Å². The van der Waals surface area contributed by atoms with Crippen LogP contribution >= 0.6 is 0 Å². The van der Waals surface area contributed by atoms with Crippen LogP contribution in [0.4, 0.5) is 0 Å². The zero-order valence-electron chi connectivity index (χ0n) is 17.0. The highest BCUT2D eigenvalue weighted by atomic mass is 16.6. The molecule has 1 aromatic rings. The van der Waals surface area contributed by atoms with Crippen LogP contribution in [0.25, 0.3) is 0 Å². The van der Waals surface area contributed by atoms with Gasteiger partial charge in [-0.05, 0) is 71.0 Å². The number of hydrogen-bond acceptors (Lipinski definition) is 3. The average Bonchev–Trinajstić information content (AvgIpc) is 3.02. The van der Waals surface area contributed by atoms with Gasteiger partial charge in [0.05, 0.1) is 6.42 Å². The van der Waals surface area contributed by atoms with Gasteiger partial charge in [0, 0.05) is 6.54 Å². The van der Waals surface area contributed by atoms with E-state index in [1.54, 1.807) is 0 Å². The fourth-order valence-electron chi connectivity index (χ4n) is 4.02. The summed E-state index contributed by atoms with van der Waals surface area (Å²) in [6.45, 7) is 9.13. The molecule has 0 saturated carbocycles. The minimum atomic E-state index is -0.406. The molecule has 3 rings (SSSR count). The Balaban J connectivity index is 1.36. The van der Waals surface area contributed by atoms with Gasteiger partial charge >= 0.3 is 5.97 Å². The lowest BCUT2D eigenvalue weighted by atomic mass is 9.90. The Labute approximate surface area is 164 Å². The van der Waals surface area contributed by atoms with Crippen LogP contribution in [0.2, 0.25) is 0 Å². The number of ether oxygens (including phenoxy) is 1. The lowest BCUT2D eigenvalue weighted by Gasteiger charge is -2.32. The van der Waals surface area contributed by atoms with Crippen molar-refractivity contribution in [1.29, 1.82) is 0 Å². The van der Waals surface area contributed by atoms with Crippen molar-refractivity contribution in [3.05, 3.63) is 59.2 Å². The Kier molecular flexibility index (Phi) is 6.54. The molecular formula is C24H33NO2. The highest BCUT2D eigenvalue weighted by Crippen LogP contribution is 2.27. The standard InChI is InChI=1S/C24H33NO2/c1-24(2,3)27-23(26)17-21-9-10-22(16-21)18-25-13-11-20(12-14-25)15-19-7-5-4-6-8-19/h4-10,20H,11-18H2,1-3H3. The Morgan fingerprint density at radius 1 is 1.07 bits per heavy atom. The molecule has 0 bridgehead atoms. The quantitative estimate of drug-likeness (QED) is 0.668. The van der Waals surface area contributed by atoms with Crippen molar-refractivity contribution < 1.29 is 9.53 Å². The summed E-state index contributed by atoms with van der Waals surface area (Å²) in [6, 6.07) is 10.9. The van der Waals surface area contributed by atoms with E-state index in [-0.39, 0.29) is 5.97 Å². The highest BCUT2D eigenvalue weighted by molar-refractivity contribution is 5.73. The van der Waals surface area contributed by atoms with E-state index in [0.717, 1.165) is 18.9 Å². The third-order valence-electron chi connectivity index (χ3n) is 5.30. The number of nitrogens with zero attached hydrogens (tertiary/aromatic N) is 1. The van der Waals surface area contributed by atoms with E-state index in [2.05, 4.69) is 47.4 Å². The molecule has 0 atom stereocenters. The molecule has 3 nitrogen and oxygen atoms in total. The molecule has 0 radical (unpaired) electrons. The van der Waals surface area contributed by atoms with Crippen LogP contribution in [0.15, 0.2) is 53.6 Å².